The molecule has 1 N–H and O–H groups in total. The zero-order valence-electron chi connectivity index (χ0n) is 11.1. The summed E-state index contributed by atoms with van der Waals surface area (Å²) in [5.74, 6) is 0.597. The smallest absolute Gasteiger partial charge is 0.321 e. The van der Waals surface area contributed by atoms with Crippen molar-refractivity contribution in [3.05, 3.63) is 23.2 Å². The van der Waals surface area contributed by atoms with E-state index in [1.807, 2.05) is 0 Å². The van der Waals surface area contributed by atoms with Gasteiger partial charge in [0.25, 0.3) is 0 Å². The van der Waals surface area contributed by atoms with Gasteiger partial charge in [-0.25, -0.2) is 4.79 Å². The van der Waals surface area contributed by atoms with Crippen LogP contribution in [0.1, 0.15) is 0 Å². The Kier molecular flexibility index (Phi) is 4.50. The van der Waals surface area contributed by atoms with Crippen LogP contribution in [0.3, 0.4) is 0 Å². The van der Waals surface area contributed by atoms with Gasteiger partial charge >= 0.3 is 6.03 Å². The molecule has 1 fully saturated rings. The summed E-state index contributed by atoms with van der Waals surface area (Å²) in [6.45, 7) is 3.28. The Morgan fingerprint density at radius 3 is 2.58 bits per heavy atom. The molecule has 0 bridgehead atoms. The van der Waals surface area contributed by atoms with Crippen LogP contribution in [0.2, 0.25) is 5.02 Å². The van der Waals surface area contributed by atoms with E-state index in [1.54, 1.807) is 30.2 Å². The van der Waals surface area contributed by atoms with Gasteiger partial charge in [-0.2, -0.15) is 0 Å². The maximum absolute atomic E-state index is 12.1. The van der Waals surface area contributed by atoms with Crippen molar-refractivity contribution >= 4 is 23.3 Å². The van der Waals surface area contributed by atoms with Crippen molar-refractivity contribution in [3.63, 3.8) is 0 Å². The minimum atomic E-state index is -0.0886. The lowest BCUT2D eigenvalue weighted by atomic mass is 10.3. The number of anilines is 1. The van der Waals surface area contributed by atoms with E-state index in [1.165, 1.54) is 0 Å². The van der Waals surface area contributed by atoms with Gasteiger partial charge in [-0.1, -0.05) is 11.6 Å². The topological polar surface area (TPSA) is 44.8 Å². The van der Waals surface area contributed by atoms with Crippen molar-refractivity contribution in [2.75, 3.05) is 45.7 Å². The van der Waals surface area contributed by atoms with Crippen LogP contribution >= 0.6 is 11.6 Å². The lowest BCUT2D eigenvalue weighted by Crippen LogP contribution is -2.48. The first-order chi connectivity index (χ1) is 9.10. The van der Waals surface area contributed by atoms with Crippen LogP contribution in [0.4, 0.5) is 10.5 Å². The fourth-order valence-corrected chi connectivity index (χ4v) is 2.21. The molecule has 19 heavy (non-hydrogen) atoms. The second kappa shape index (κ2) is 6.12. The molecule has 1 aromatic carbocycles. The van der Waals surface area contributed by atoms with Crippen LogP contribution in [0.5, 0.6) is 5.75 Å². The molecule has 2 rings (SSSR count). The summed E-state index contributed by atoms with van der Waals surface area (Å²) in [7, 11) is 3.61. The standard InChI is InChI=1S/C13H18ClN3O2/c1-16-5-7-17(8-6-16)13(18)15-10-3-4-12(19-2)11(14)9-10/h3-4,9H,5-8H2,1-2H3,(H,15,18). The predicted molar refractivity (Wildman–Crippen MR) is 76.1 cm³/mol. The summed E-state index contributed by atoms with van der Waals surface area (Å²) < 4.78 is 5.07. The number of nitrogens with one attached hydrogen (secondary N) is 1. The van der Waals surface area contributed by atoms with Gasteiger partial charge < -0.3 is 19.9 Å². The number of benzene rings is 1. The number of urea groups is 1. The van der Waals surface area contributed by atoms with E-state index in [0.717, 1.165) is 26.2 Å². The number of likely N-dealkylation sites (N-methyl/N-ethyl adjacent to an activating group) is 1. The number of halogens is 1. The van der Waals surface area contributed by atoms with Crippen molar-refractivity contribution in [3.8, 4) is 5.75 Å². The molecule has 1 heterocycles. The zero-order chi connectivity index (χ0) is 13.8. The number of piperazine rings is 1. The third-order valence-electron chi connectivity index (χ3n) is 3.19. The van der Waals surface area contributed by atoms with Gasteiger partial charge in [0.1, 0.15) is 5.75 Å². The second-order valence-electron chi connectivity index (χ2n) is 4.57. The first kappa shape index (κ1) is 14.0. The lowest BCUT2D eigenvalue weighted by Gasteiger charge is -2.32. The van der Waals surface area contributed by atoms with Gasteiger partial charge in [-0.15, -0.1) is 0 Å². The molecule has 2 amide bonds. The van der Waals surface area contributed by atoms with Crippen molar-refractivity contribution in [2.45, 2.75) is 0 Å². The number of carbonyl (C=O) groups is 1. The van der Waals surface area contributed by atoms with E-state index < -0.39 is 0 Å². The van der Waals surface area contributed by atoms with Crippen LogP contribution in [0.25, 0.3) is 0 Å². The Labute approximate surface area is 118 Å². The molecule has 1 aliphatic heterocycles. The van der Waals surface area contributed by atoms with E-state index >= 15 is 0 Å². The fourth-order valence-electron chi connectivity index (χ4n) is 1.96. The highest BCUT2D eigenvalue weighted by Gasteiger charge is 2.19. The SMILES string of the molecule is COc1ccc(NC(=O)N2CCN(C)CC2)cc1Cl. The number of ether oxygens (including phenoxy) is 1. The van der Waals surface area contributed by atoms with Crippen molar-refractivity contribution in [1.82, 2.24) is 9.80 Å². The van der Waals surface area contributed by atoms with E-state index in [-0.39, 0.29) is 6.03 Å². The van der Waals surface area contributed by atoms with Gasteiger partial charge in [0.15, 0.2) is 0 Å². The Morgan fingerprint density at radius 1 is 1.32 bits per heavy atom. The summed E-state index contributed by atoms with van der Waals surface area (Å²) in [6, 6.07) is 5.11. The highest BCUT2D eigenvalue weighted by atomic mass is 35.5. The Balaban J connectivity index is 1.97. The highest BCUT2D eigenvalue weighted by molar-refractivity contribution is 6.32. The van der Waals surface area contributed by atoms with Gasteiger partial charge in [0.05, 0.1) is 12.1 Å². The number of rotatable bonds is 2. The maximum atomic E-state index is 12.1. The largest absolute Gasteiger partial charge is 0.495 e. The number of carbonyl (C=O) groups excluding carboxylic acids is 1. The Morgan fingerprint density at radius 2 is 2.00 bits per heavy atom. The molecule has 6 heteroatoms. The second-order valence-corrected chi connectivity index (χ2v) is 4.98. The highest BCUT2D eigenvalue weighted by Crippen LogP contribution is 2.27. The third-order valence-corrected chi connectivity index (χ3v) is 3.49. The summed E-state index contributed by atoms with van der Waals surface area (Å²) in [6.07, 6.45) is 0. The summed E-state index contributed by atoms with van der Waals surface area (Å²) in [4.78, 5) is 16.1. The third kappa shape index (κ3) is 3.52. The average molecular weight is 284 g/mol. The van der Waals surface area contributed by atoms with Crippen LogP contribution in [0.15, 0.2) is 18.2 Å². The number of nitrogens with zero attached hydrogens (tertiary/aromatic N) is 2. The molecular weight excluding hydrogens is 266 g/mol. The maximum Gasteiger partial charge on any atom is 0.321 e. The molecule has 0 unspecified atom stereocenters. The van der Waals surface area contributed by atoms with Crippen LogP contribution in [0, 0.1) is 0 Å². The van der Waals surface area contributed by atoms with Crippen molar-refractivity contribution in [2.24, 2.45) is 0 Å². The van der Waals surface area contributed by atoms with Crippen LogP contribution in [-0.2, 0) is 0 Å². The normalized spacial score (nSPS) is 16.3. The summed E-state index contributed by atoms with van der Waals surface area (Å²) in [5.41, 5.74) is 0.676. The van der Waals surface area contributed by atoms with Gasteiger partial charge in [0.2, 0.25) is 0 Å². The number of hydrogen-bond donors (Lipinski definition) is 1. The number of amides is 2. The molecule has 0 atom stereocenters. The molecule has 0 radical (unpaired) electrons. The Bertz CT molecular complexity index is 459. The van der Waals surface area contributed by atoms with E-state index in [0.29, 0.717) is 16.5 Å². The van der Waals surface area contributed by atoms with Crippen molar-refractivity contribution < 1.29 is 9.53 Å². The van der Waals surface area contributed by atoms with Gasteiger partial charge in [-0.05, 0) is 25.2 Å². The monoisotopic (exact) mass is 283 g/mol. The van der Waals surface area contributed by atoms with Gasteiger partial charge in [-0.3, -0.25) is 0 Å². The average Bonchev–Trinajstić information content (AvgIpc) is 2.39. The van der Waals surface area contributed by atoms with E-state index in [2.05, 4.69) is 17.3 Å². The first-order valence-electron chi connectivity index (χ1n) is 6.18. The van der Waals surface area contributed by atoms with Crippen molar-refractivity contribution in [1.29, 1.82) is 0 Å². The lowest BCUT2D eigenvalue weighted by molar-refractivity contribution is 0.164. The molecule has 104 valence electrons. The van der Waals surface area contributed by atoms with Gasteiger partial charge in [0, 0.05) is 31.9 Å². The molecule has 0 saturated carbocycles. The molecule has 0 aromatic heterocycles. The molecule has 1 aliphatic rings. The Hall–Kier alpha value is -1.46. The quantitative estimate of drug-likeness (QED) is 0.904. The summed E-state index contributed by atoms with van der Waals surface area (Å²) in [5, 5.41) is 3.33. The van der Waals surface area contributed by atoms with E-state index in [4.69, 9.17) is 16.3 Å². The molecule has 1 aromatic rings. The molecule has 0 spiro atoms. The predicted octanol–water partition coefficient (Wildman–Crippen LogP) is 2.13. The number of methoxy groups -OCH3 is 1. The molecule has 1 saturated heterocycles. The molecule has 5 nitrogen and oxygen atoms in total. The molecule has 0 aliphatic carbocycles. The first-order valence-corrected chi connectivity index (χ1v) is 6.56. The van der Waals surface area contributed by atoms with Crippen LogP contribution < -0.4 is 10.1 Å². The fraction of sp³-hybridized carbons (Fsp3) is 0.462. The molecular formula is C13H18ClN3O2. The van der Waals surface area contributed by atoms with Crippen LogP contribution in [-0.4, -0.2) is 56.2 Å². The minimum Gasteiger partial charge on any atom is -0.495 e. The number of hydrogen-bond acceptors (Lipinski definition) is 3. The van der Waals surface area contributed by atoms with E-state index in [9.17, 15) is 4.79 Å². The zero-order valence-corrected chi connectivity index (χ0v) is 11.9. The summed E-state index contributed by atoms with van der Waals surface area (Å²) >= 11 is 6.02. The minimum absolute atomic E-state index is 0.0886.